The maximum atomic E-state index is 12.0. The van der Waals surface area contributed by atoms with Crippen molar-refractivity contribution in [3.8, 4) is 0 Å². The van der Waals surface area contributed by atoms with Gasteiger partial charge in [0.25, 0.3) is 0 Å². The van der Waals surface area contributed by atoms with E-state index in [-0.39, 0.29) is 10.9 Å². The van der Waals surface area contributed by atoms with Crippen molar-refractivity contribution in [2.45, 2.75) is 17.9 Å². The Morgan fingerprint density at radius 1 is 1.10 bits per heavy atom. The van der Waals surface area contributed by atoms with E-state index in [1.165, 1.54) is 7.05 Å². The van der Waals surface area contributed by atoms with Crippen molar-refractivity contribution in [3.05, 3.63) is 59.1 Å². The lowest BCUT2D eigenvalue weighted by molar-refractivity contribution is 0.588. The summed E-state index contributed by atoms with van der Waals surface area (Å²) in [6.07, 6.45) is 0. The van der Waals surface area contributed by atoms with Gasteiger partial charge in [-0.3, -0.25) is 0 Å². The van der Waals surface area contributed by atoms with E-state index < -0.39 is 10.0 Å². The first kappa shape index (κ1) is 15.8. The van der Waals surface area contributed by atoms with Gasteiger partial charge in [-0.25, -0.2) is 13.1 Å². The number of rotatable bonds is 5. The molecule has 0 aromatic heterocycles. The standard InChI is InChI=1S/C15H17ClN2O2S/c1-11(12-6-5-7-13(16)10-12)18-14-8-3-4-9-15(14)21(19,20)17-2/h3-11,17-18H,1-2H3. The van der Waals surface area contributed by atoms with Crippen LogP contribution < -0.4 is 10.0 Å². The largest absolute Gasteiger partial charge is 0.377 e. The average molecular weight is 325 g/mol. The molecule has 2 rings (SSSR count). The second-order valence-corrected chi connectivity index (χ2v) is 6.92. The minimum Gasteiger partial charge on any atom is -0.377 e. The fourth-order valence-electron chi connectivity index (χ4n) is 2.02. The van der Waals surface area contributed by atoms with Gasteiger partial charge in [0.15, 0.2) is 0 Å². The van der Waals surface area contributed by atoms with Crippen LogP contribution in [0.2, 0.25) is 5.02 Å². The molecule has 2 aromatic rings. The van der Waals surface area contributed by atoms with E-state index in [2.05, 4.69) is 10.0 Å². The van der Waals surface area contributed by atoms with Crippen LogP contribution in [-0.4, -0.2) is 15.5 Å². The Morgan fingerprint density at radius 3 is 2.48 bits per heavy atom. The highest BCUT2D eigenvalue weighted by Crippen LogP contribution is 2.26. The molecule has 2 aromatic carbocycles. The number of halogens is 1. The average Bonchev–Trinajstić information content (AvgIpc) is 2.47. The number of nitrogens with one attached hydrogen (secondary N) is 2. The summed E-state index contributed by atoms with van der Waals surface area (Å²) in [5.41, 5.74) is 1.54. The Kier molecular flexibility index (Phi) is 4.88. The third-order valence-corrected chi connectivity index (χ3v) is 4.87. The Balaban J connectivity index is 2.32. The van der Waals surface area contributed by atoms with E-state index >= 15 is 0 Å². The molecular formula is C15H17ClN2O2S. The molecule has 0 aliphatic rings. The Morgan fingerprint density at radius 2 is 1.81 bits per heavy atom. The van der Waals surface area contributed by atoms with Crippen molar-refractivity contribution in [2.24, 2.45) is 0 Å². The van der Waals surface area contributed by atoms with E-state index in [1.807, 2.05) is 25.1 Å². The number of hydrogen-bond donors (Lipinski definition) is 2. The Hall–Kier alpha value is -1.56. The molecule has 6 heteroatoms. The van der Waals surface area contributed by atoms with E-state index in [0.29, 0.717) is 10.7 Å². The molecule has 2 N–H and O–H groups in total. The molecule has 0 saturated carbocycles. The summed E-state index contributed by atoms with van der Waals surface area (Å²) in [5, 5.41) is 3.87. The fourth-order valence-corrected chi connectivity index (χ4v) is 3.12. The molecule has 0 heterocycles. The lowest BCUT2D eigenvalue weighted by Gasteiger charge is -2.18. The zero-order chi connectivity index (χ0) is 15.5. The van der Waals surface area contributed by atoms with Gasteiger partial charge in [0.2, 0.25) is 10.0 Å². The zero-order valence-electron chi connectivity index (χ0n) is 11.8. The fraction of sp³-hybridized carbons (Fsp3) is 0.200. The summed E-state index contributed by atoms with van der Waals surface area (Å²) in [4.78, 5) is 0.223. The van der Waals surface area contributed by atoms with Crippen molar-refractivity contribution in [2.75, 3.05) is 12.4 Å². The minimum atomic E-state index is -3.50. The first-order valence-electron chi connectivity index (χ1n) is 6.48. The Bertz CT molecular complexity index is 732. The van der Waals surface area contributed by atoms with Crippen molar-refractivity contribution in [1.29, 1.82) is 0 Å². The van der Waals surface area contributed by atoms with E-state index in [0.717, 1.165) is 5.56 Å². The highest BCUT2D eigenvalue weighted by molar-refractivity contribution is 7.89. The first-order valence-corrected chi connectivity index (χ1v) is 8.35. The van der Waals surface area contributed by atoms with Crippen LogP contribution >= 0.6 is 11.6 Å². The molecule has 112 valence electrons. The number of benzene rings is 2. The van der Waals surface area contributed by atoms with Gasteiger partial charge in [-0.2, -0.15) is 0 Å². The second kappa shape index (κ2) is 6.47. The molecule has 4 nitrogen and oxygen atoms in total. The third kappa shape index (κ3) is 3.75. The molecule has 0 aliphatic carbocycles. The van der Waals surface area contributed by atoms with Crippen molar-refractivity contribution in [3.63, 3.8) is 0 Å². The van der Waals surface area contributed by atoms with Gasteiger partial charge in [-0.15, -0.1) is 0 Å². The summed E-state index contributed by atoms with van der Waals surface area (Å²) < 4.78 is 26.4. The van der Waals surface area contributed by atoms with Crippen LogP contribution in [0.15, 0.2) is 53.4 Å². The van der Waals surface area contributed by atoms with E-state index in [4.69, 9.17) is 11.6 Å². The van der Waals surface area contributed by atoms with Crippen LogP contribution in [0.5, 0.6) is 0 Å². The van der Waals surface area contributed by atoms with Crippen LogP contribution in [0.1, 0.15) is 18.5 Å². The molecule has 0 fully saturated rings. The van der Waals surface area contributed by atoms with Crippen molar-refractivity contribution >= 4 is 27.3 Å². The van der Waals surface area contributed by atoms with Gasteiger partial charge >= 0.3 is 0 Å². The molecule has 0 bridgehead atoms. The van der Waals surface area contributed by atoms with Crippen molar-refractivity contribution in [1.82, 2.24) is 4.72 Å². The van der Waals surface area contributed by atoms with Crippen LogP contribution in [0.4, 0.5) is 5.69 Å². The monoisotopic (exact) mass is 324 g/mol. The summed E-state index contributed by atoms with van der Waals surface area (Å²) in [6.45, 7) is 1.95. The number of anilines is 1. The van der Waals surface area contributed by atoms with Gasteiger partial charge in [-0.05, 0) is 43.8 Å². The first-order chi connectivity index (χ1) is 9.94. The minimum absolute atomic E-state index is 0.0723. The van der Waals surface area contributed by atoms with Gasteiger partial charge in [0.05, 0.1) is 5.69 Å². The zero-order valence-corrected chi connectivity index (χ0v) is 13.4. The van der Waals surface area contributed by atoms with Gasteiger partial charge in [0.1, 0.15) is 4.90 Å². The number of para-hydroxylation sites is 1. The van der Waals surface area contributed by atoms with Crippen molar-refractivity contribution < 1.29 is 8.42 Å². The van der Waals surface area contributed by atoms with Crippen LogP contribution in [-0.2, 0) is 10.0 Å². The van der Waals surface area contributed by atoms with E-state index in [1.54, 1.807) is 30.3 Å². The van der Waals surface area contributed by atoms with Crippen LogP contribution in [0.3, 0.4) is 0 Å². The van der Waals surface area contributed by atoms with E-state index in [9.17, 15) is 8.42 Å². The maximum absolute atomic E-state index is 12.0. The Labute approximate surface area is 130 Å². The normalized spacial score (nSPS) is 12.9. The second-order valence-electron chi connectivity index (χ2n) is 4.62. The SMILES string of the molecule is CNS(=O)(=O)c1ccccc1NC(C)c1cccc(Cl)c1. The molecule has 0 saturated heterocycles. The molecule has 0 spiro atoms. The summed E-state index contributed by atoms with van der Waals surface area (Å²) in [5.74, 6) is 0. The summed E-state index contributed by atoms with van der Waals surface area (Å²) >= 11 is 5.98. The number of sulfonamides is 1. The number of hydrogen-bond acceptors (Lipinski definition) is 3. The quantitative estimate of drug-likeness (QED) is 0.886. The molecule has 0 amide bonds. The lowest BCUT2D eigenvalue weighted by Crippen LogP contribution is -2.20. The van der Waals surface area contributed by atoms with Crippen LogP contribution in [0, 0.1) is 0 Å². The highest BCUT2D eigenvalue weighted by atomic mass is 35.5. The molecule has 1 unspecified atom stereocenters. The molecule has 1 atom stereocenters. The molecule has 0 aliphatic heterocycles. The predicted molar refractivity (Wildman–Crippen MR) is 86.2 cm³/mol. The third-order valence-electron chi connectivity index (χ3n) is 3.17. The topological polar surface area (TPSA) is 58.2 Å². The predicted octanol–water partition coefficient (Wildman–Crippen LogP) is 3.42. The summed E-state index contributed by atoms with van der Waals surface area (Å²) in [7, 11) is -2.11. The lowest BCUT2D eigenvalue weighted by atomic mass is 10.1. The smallest absolute Gasteiger partial charge is 0.242 e. The highest BCUT2D eigenvalue weighted by Gasteiger charge is 2.17. The van der Waals surface area contributed by atoms with Crippen LogP contribution in [0.25, 0.3) is 0 Å². The molecule has 0 radical (unpaired) electrons. The van der Waals surface area contributed by atoms with Gasteiger partial charge in [-0.1, -0.05) is 35.9 Å². The van der Waals surface area contributed by atoms with Gasteiger partial charge < -0.3 is 5.32 Å². The molecule has 21 heavy (non-hydrogen) atoms. The summed E-state index contributed by atoms with van der Waals surface area (Å²) in [6, 6.07) is 14.2. The maximum Gasteiger partial charge on any atom is 0.242 e. The molecular weight excluding hydrogens is 308 g/mol. The van der Waals surface area contributed by atoms with Gasteiger partial charge in [0, 0.05) is 11.1 Å².